The molecule has 3 aliphatic heterocycles. The van der Waals surface area contributed by atoms with Crippen LogP contribution in [0.3, 0.4) is 0 Å². The first-order valence-electron chi connectivity index (χ1n) is 12.5. The number of nitrogens with zero attached hydrogens (tertiary/aromatic N) is 5. The number of aromatic nitrogens is 1. The Kier molecular flexibility index (Phi) is 6.42. The van der Waals surface area contributed by atoms with Crippen LogP contribution in [0.25, 0.3) is 0 Å². The van der Waals surface area contributed by atoms with E-state index in [1.807, 2.05) is 43.1 Å². The Morgan fingerprint density at radius 2 is 1.97 bits per heavy atom. The number of amides is 3. The van der Waals surface area contributed by atoms with Crippen LogP contribution in [0.4, 0.5) is 5.69 Å². The first kappa shape index (κ1) is 24.2. The summed E-state index contributed by atoms with van der Waals surface area (Å²) in [6, 6.07) is 3.69. The molecule has 1 saturated carbocycles. The highest BCUT2D eigenvalue weighted by molar-refractivity contribution is 6.19. The topological polar surface area (TPSA) is 119 Å². The average molecular weight is 496 g/mol. The number of anilines is 1. The van der Waals surface area contributed by atoms with Crippen LogP contribution in [-0.4, -0.2) is 90.2 Å². The molecule has 2 N–H and O–H groups in total. The smallest absolute Gasteiger partial charge is 0.244 e. The molecule has 0 bridgehead atoms. The molecule has 1 saturated heterocycles. The van der Waals surface area contributed by atoms with E-state index < -0.39 is 23.5 Å². The molecule has 0 aromatic carbocycles. The molecule has 2 fully saturated rings. The van der Waals surface area contributed by atoms with Gasteiger partial charge in [0.25, 0.3) is 0 Å². The molecule has 192 valence electrons. The van der Waals surface area contributed by atoms with E-state index in [0.717, 1.165) is 49.3 Å². The maximum Gasteiger partial charge on any atom is 0.244 e. The maximum atomic E-state index is 13.9. The zero-order valence-electron chi connectivity index (χ0n) is 21.0. The normalized spacial score (nSPS) is 26.3. The van der Waals surface area contributed by atoms with E-state index in [0.29, 0.717) is 12.5 Å². The van der Waals surface area contributed by atoms with Crippen molar-refractivity contribution in [2.45, 2.75) is 50.9 Å². The van der Waals surface area contributed by atoms with Crippen LogP contribution in [0.2, 0.25) is 0 Å². The van der Waals surface area contributed by atoms with Gasteiger partial charge in [-0.15, -0.1) is 0 Å². The van der Waals surface area contributed by atoms with E-state index in [1.54, 1.807) is 17.3 Å². The van der Waals surface area contributed by atoms with Crippen LogP contribution < -0.4 is 15.4 Å². The second kappa shape index (κ2) is 9.53. The van der Waals surface area contributed by atoms with E-state index in [2.05, 4.69) is 20.6 Å². The SMILES string of the molecule is CN(C)CCOc1ccc(NC2N=CC3=C(N2C)N(C2CCCC2)C(=O)C2(CC(=O)NC2=O)C3)cn1. The van der Waals surface area contributed by atoms with Gasteiger partial charge in [-0.1, -0.05) is 12.8 Å². The minimum absolute atomic E-state index is 0.00181. The van der Waals surface area contributed by atoms with Crippen LogP contribution in [0, 0.1) is 5.41 Å². The summed E-state index contributed by atoms with van der Waals surface area (Å²) in [6.07, 6.45) is 6.84. The molecule has 3 amide bonds. The first-order valence-corrected chi connectivity index (χ1v) is 12.5. The predicted molar refractivity (Wildman–Crippen MR) is 133 cm³/mol. The van der Waals surface area contributed by atoms with E-state index in [1.165, 1.54) is 0 Å². The van der Waals surface area contributed by atoms with Crippen molar-refractivity contribution < 1.29 is 19.1 Å². The van der Waals surface area contributed by atoms with E-state index in [9.17, 15) is 14.4 Å². The quantitative estimate of drug-likeness (QED) is 0.427. The molecule has 5 rings (SSSR count). The van der Waals surface area contributed by atoms with Crippen molar-refractivity contribution >= 4 is 29.6 Å². The van der Waals surface area contributed by atoms with E-state index in [-0.39, 0.29) is 24.8 Å². The van der Waals surface area contributed by atoms with Crippen molar-refractivity contribution in [3.63, 3.8) is 0 Å². The number of imide groups is 1. The summed E-state index contributed by atoms with van der Waals surface area (Å²) in [5.74, 6) is 0.133. The zero-order valence-corrected chi connectivity index (χ0v) is 21.0. The fraction of sp³-hybridized carbons (Fsp3) is 0.560. The molecule has 2 atom stereocenters. The number of ether oxygens (including phenoxy) is 1. The van der Waals surface area contributed by atoms with Gasteiger partial charge in [0.15, 0.2) is 6.29 Å². The fourth-order valence-corrected chi connectivity index (χ4v) is 5.47. The second-order valence-electron chi connectivity index (χ2n) is 10.2. The van der Waals surface area contributed by atoms with Crippen molar-refractivity contribution in [2.75, 3.05) is 39.6 Å². The minimum Gasteiger partial charge on any atom is -0.476 e. The molecule has 1 aromatic rings. The summed E-state index contributed by atoms with van der Waals surface area (Å²) in [5.41, 5.74) is 0.187. The lowest BCUT2D eigenvalue weighted by Crippen LogP contribution is -2.59. The lowest BCUT2D eigenvalue weighted by Gasteiger charge is -2.47. The third kappa shape index (κ3) is 4.32. The third-order valence-electron chi connectivity index (χ3n) is 7.37. The van der Waals surface area contributed by atoms with Crippen LogP contribution >= 0.6 is 0 Å². The van der Waals surface area contributed by atoms with Crippen LogP contribution in [0.15, 0.2) is 34.7 Å². The standard InChI is InChI=1S/C25H33N7O4/c1-30(2)10-11-36-20-9-8-17(15-26-20)28-24-27-14-16-12-25(13-19(33)29-22(25)34)23(35)32(21(16)31(24)3)18-6-4-5-7-18/h8-9,14-15,18,24,28H,4-7,10-13H2,1-3H3,(H,29,33,34). The number of carbonyl (C=O) groups is 3. The number of carbonyl (C=O) groups excluding carboxylic acids is 3. The lowest BCUT2D eigenvalue weighted by atomic mass is 9.75. The Hall–Kier alpha value is -3.47. The van der Waals surface area contributed by atoms with Gasteiger partial charge in [0.05, 0.1) is 18.3 Å². The number of nitrogens with one attached hydrogen (secondary N) is 2. The van der Waals surface area contributed by atoms with Crippen molar-refractivity contribution in [1.82, 2.24) is 25.0 Å². The van der Waals surface area contributed by atoms with Gasteiger partial charge in [-0.05, 0) is 33.0 Å². The molecular weight excluding hydrogens is 462 g/mol. The summed E-state index contributed by atoms with van der Waals surface area (Å²) < 4.78 is 5.67. The third-order valence-corrected chi connectivity index (χ3v) is 7.37. The van der Waals surface area contributed by atoms with Gasteiger partial charge in [-0.2, -0.15) is 0 Å². The van der Waals surface area contributed by atoms with Gasteiger partial charge in [-0.3, -0.25) is 24.6 Å². The number of aliphatic imine (C=N–C) groups is 1. The van der Waals surface area contributed by atoms with Crippen LogP contribution in [-0.2, 0) is 14.4 Å². The lowest BCUT2D eigenvalue weighted by molar-refractivity contribution is -0.151. The molecular formula is C25H33N7O4. The molecule has 11 nitrogen and oxygen atoms in total. The Morgan fingerprint density at radius 1 is 1.19 bits per heavy atom. The molecule has 0 radical (unpaired) electrons. The van der Waals surface area contributed by atoms with Crippen molar-refractivity contribution in [1.29, 1.82) is 0 Å². The van der Waals surface area contributed by atoms with Gasteiger partial charge in [-0.25, -0.2) is 9.98 Å². The molecule has 1 aromatic heterocycles. The summed E-state index contributed by atoms with van der Waals surface area (Å²) in [6.45, 7) is 1.35. The molecule has 11 heteroatoms. The minimum atomic E-state index is -1.38. The summed E-state index contributed by atoms with van der Waals surface area (Å²) in [7, 11) is 5.87. The van der Waals surface area contributed by atoms with Crippen LogP contribution in [0.1, 0.15) is 38.5 Å². The Labute approximate surface area is 210 Å². The molecule has 1 aliphatic carbocycles. The van der Waals surface area contributed by atoms with Gasteiger partial charge in [0.2, 0.25) is 23.6 Å². The highest BCUT2D eigenvalue weighted by Gasteiger charge is 2.59. The summed E-state index contributed by atoms with van der Waals surface area (Å²) in [4.78, 5) is 53.6. The van der Waals surface area contributed by atoms with Gasteiger partial charge in [0.1, 0.15) is 17.8 Å². The molecule has 2 unspecified atom stereocenters. The van der Waals surface area contributed by atoms with Crippen LogP contribution in [0.5, 0.6) is 5.88 Å². The number of hydrogen-bond donors (Lipinski definition) is 2. The highest BCUT2D eigenvalue weighted by atomic mass is 16.5. The first-order chi connectivity index (χ1) is 17.3. The zero-order chi connectivity index (χ0) is 25.4. The Morgan fingerprint density at radius 3 is 2.61 bits per heavy atom. The number of allylic oxidation sites excluding steroid dienone is 1. The van der Waals surface area contributed by atoms with Gasteiger partial charge >= 0.3 is 0 Å². The maximum absolute atomic E-state index is 13.9. The monoisotopic (exact) mass is 495 g/mol. The average Bonchev–Trinajstić information content (AvgIpc) is 3.46. The van der Waals surface area contributed by atoms with Crippen molar-refractivity contribution in [3.8, 4) is 5.88 Å². The number of likely N-dealkylation sites (N-methyl/N-ethyl adjacent to an activating group) is 1. The highest BCUT2D eigenvalue weighted by Crippen LogP contribution is 2.46. The van der Waals surface area contributed by atoms with E-state index >= 15 is 0 Å². The number of rotatable bonds is 7. The van der Waals surface area contributed by atoms with E-state index in [4.69, 9.17) is 4.74 Å². The second-order valence-corrected chi connectivity index (χ2v) is 10.2. The number of pyridine rings is 1. The molecule has 36 heavy (non-hydrogen) atoms. The van der Waals surface area contributed by atoms with Gasteiger partial charge in [0, 0.05) is 43.9 Å². The summed E-state index contributed by atoms with van der Waals surface area (Å²) in [5, 5.41) is 5.72. The predicted octanol–water partition coefficient (Wildman–Crippen LogP) is 1.15. The van der Waals surface area contributed by atoms with Crippen molar-refractivity contribution in [2.24, 2.45) is 10.4 Å². The molecule has 1 spiro atoms. The largest absolute Gasteiger partial charge is 0.476 e. The Balaban J connectivity index is 1.37. The van der Waals surface area contributed by atoms with Gasteiger partial charge < -0.3 is 19.9 Å². The molecule has 4 heterocycles. The number of hydrogen-bond acceptors (Lipinski definition) is 9. The summed E-state index contributed by atoms with van der Waals surface area (Å²) >= 11 is 0. The van der Waals surface area contributed by atoms with Crippen molar-refractivity contribution in [3.05, 3.63) is 29.7 Å². The molecule has 4 aliphatic rings. The fourth-order valence-electron chi connectivity index (χ4n) is 5.47. The Bertz CT molecular complexity index is 1110.